The molecule has 3 heterocycles. The van der Waals surface area contributed by atoms with Crippen LogP contribution in [0.5, 0.6) is 11.5 Å². The number of nitrogens with one attached hydrogen (secondary N) is 3. The molecule has 0 aliphatic carbocycles. The summed E-state index contributed by atoms with van der Waals surface area (Å²) >= 11 is 0. The molecule has 6 rings (SSSR count). The minimum absolute atomic E-state index is 0.0748. The van der Waals surface area contributed by atoms with Crippen molar-refractivity contribution in [2.45, 2.75) is 19.3 Å². The van der Waals surface area contributed by atoms with Gasteiger partial charge in [-0.15, -0.1) is 0 Å². The Morgan fingerprint density at radius 1 is 1.00 bits per heavy atom. The van der Waals surface area contributed by atoms with E-state index in [1.807, 2.05) is 48.5 Å². The number of amidine groups is 1. The van der Waals surface area contributed by atoms with Crippen LogP contribution in [-0.4, -0.2) is 49.2 Å². The molecule has 0 unspecified atom stereocenters. The maximum atomic E-state index is 13.5. The van der Waals surface area contributed by atoms with Crippen LogP contribution < -0.4 is 14.8 Å². The van der Waals surface area contributed by atoms with Gasteiger partial charge in [0.25, 0.3) is 0 Å². The number of carbonyl (C=O) groups is 1. The molecule has 0 saturated heterocycles. The Morgan fingerprint density at radius 3 is 2.69 bits per heavy atom. The van der Waals surface area contributed by atoms with Crippen LogP contribution >= 0.6 is 0 Å². The second-order valence-electron chi connectivity index (χ2n) is 10.3. The van der Waals surface area contributed by atoms with Crippen molar-refractivity contribution in [1.29, 1.82) is 10.8 Å². The molecule has 3 aromatic carbocycles. The second kappa shape index (κ2) is 11.3. The van der Waals surface area contributed by atoms with Gasteiger partial charge in [-0.3, -0.25) is 15.6 Å². The molecule has 0 atom stereocenters. The van der Waals surface area contributed by atoms with Crippen LogP contribution in [0.3, 0.4) is 0 Å². The topological polar surface area (TPSA) is 111 Å². The van der Waals surface area contributed by atoms with Gasteiger partial charge in [0.1, 0.15) is 11.5 Å². The van der Waals surface area contributed by atoms with Crippen molar-refractivity contribution in [3.05, 3.63) is 118 Å². The molecule has 0 fully saturated rings. The Balaban J connectivity index is 1.29. The van der Waals surface area contributed by atoms with Crippen molar-refractivity contribution in [1.82, 2.24) is 4.90 Å². The van der Waals surface area contributed by atoms with Crippen LogP contribution in [0.4, 0.5) is 5.69 Å². The lowest BCUT2D eigenvalue weighted by Gasteiger charge is -2.33. The molecule has 3 aliphatic heterocycles. The number of Topliss-reactive ketones (excluding diaryl/α,β-unsaturated/α-hetero) is 1. The van der Waals surface area contributed by atoms with Gasteiger partial charge in [0.05, 0.1) is 25.6 Å². The van der Waals surface area contributed by atoms with E-state index in [0.717, 1.165) is 58.7 Å². The summed E-state index contributed by atoms with van der Waals surface area (Å²) in [4.78, 5) is 19.8. The van der Waals surface area contributed by atoms with Crippen molar-refractivity contribution in [3.63, 3.8) is 0 Å². The highest BCUT2D eigenvalue weighted by Crippen LogP contribution is 2.35. The largest absolute Gasteiger partial charge is 0.493 e. The van der Waals surface area contributed by atoms with E-state index < -0.39 is 0 Å². The maximum Gasteiger partial charge on any atom is 0.211 e. The molecule has 42 heavy (non-hydrogen) atoms. The standard InChI is InChI=1S/C34H31N5O3/c1-41-30-12-11-27(18-31(30)42-2)38-28-16-26(20-39-13-4-3-8-29(28)39)21-6-5-7-23(14-21)34(40)33(36)22-9-10-24-19-37-32(35)17-25(24)15-22/h5-12,14-16,18-20,35-36,38H,3-4,13,17H2,1-2H3. The van der Waals surface area contributed by atoms with Gasteiger partial charge in [-0.05, 0) is 59.9 Å². The molecular formula is C34H31N5O3. The first-order valence-electron chi connectivity index (χ1n) is 13.8. The van der Waals surface area contributed by atoms with E-state index in [2.05, 4.69) is 33.6 Å². The highest BCUT2D eigenvalue weighted by molar-refractivity contribution is 6.50. The summed E-state index contributed by atoms with van der Waals surface area (Å²) in [6.07, 6.45) is 10.6. The Bertz CT molecular complexity index is 1750. The fourth-order valence-electron chi connectivity index (χ4n) is 5.43. The number of aliphatic imine (C=N–C) groups is 1. The summed E-state index contributed by atoms with van der Waals surface area (Å²) in [5, 5.41) is 20.1. The normalized spacial score (nSPS) is 15.5. The average molecular weight is 558 g/mol. The number of rotatable bonds is 8. The number of methoxy groups -OCH3 is 2. The van der Waals surface area contributed by atoms with Crippen LogP contribution in [0.2, 0.25) is 0 Å². The Labute approximate surface area is 244 Å². The smallest absolute Gasteiger partial charge is 0.211 e. The van der Waals surface area contributed by atoms with Crippen molar-refractivity contribution in [3.8, 4) is 11.5 Å². The zero-order valence-corrected chi connectivity index (χ0v) is 23.5. The number of hydrogen-bond acceptors (Lipinski definition) is 7. The molecular weight excluding hydrogens is 526 g/mol. The summed E-state index contributed by atoms with van der Waals surface area (Å²) in [6.45, 7) is 0.893. The molecule has 8 heteroatoms. The number of hydrogen-bond donors (Lipinski definition) is 3. The number of carbonyl (C=O) groups excluding carboxylic acids is 1. The maximum absolute atomic E-state index is 13.5. The van der Waals surface area contributed by atoms with Gasteiger partial charge >= 0.3 is 0 Å². The minimum atomic E-state index is -0.348. The third-order valence-electron chi connectivity index (χ3n) is 7.62. The molecule has 0 spiro atoms. The monoisotopic (exact) mass is 557 g/mol. The fraction of sp³-hybridized carbons (Fsp3) is 0.176. The van der Waals surface area contributed by atoms with Crippen LogP contribution in [0.1, 0.15) is 45.5 Å². The quantitative estimate of drug-likeness (QED) is 0.224. The molecule has 0 radical (unpaired) electrons. The van der Waals surface area contributed by atoms with E-state index >= 15 is 0 Å². The Morgan fingerprint density at radius 2 is 1.86 bits per heavy atom. The number of nitrogens with zero attached hydrogens (tertiary/aromatic N) is 2. The van der Waals surface area contributed by atoms with Crippen LogP contribution in [0, 0.1) is 10.8 Å². The van der Waals surface area contributed by atoms with Gasteiger partial charge in [0.2, 0.25) is 5.78 Å². The first kappa shape index (κ1) is 27.0. The number of fused-ring (bicyclic) bond motifs is 2. The number of anilines is 1. The molecule has 0 bridgehead atoms. The Hall–Kier alpha value is -5.24. The van der Waals surface area contributed by atoms with E-state index in [-0.39, 0.29) is 17.3 Å². The second-order valence-corrected chi connectivity index (χ2v) is 10.3. The van der Waals surface area contributed by atoms with Gasteiger partial charge in [-0.2, -0.15) is 0 Å². The lowest BCUT2D eigenvalue weighted by Crippen LogP contribution is -2.27. The molecule has 3 aliphatic rings. The number of ketones is 1. The zero-order valence-electron chi connectivity index (χ0n) is 23.5. The molecule has 0 saturated carbocycles. The predicted octanol–water partition coefficient (Wildman–Crippen LogP) is 6.24. The zero-order chi connectivity index (χ0) is 29.2. The molecule has 210 valence electrons. The first-order valence-corrected chi connectivity index (χ1v) is 13.8. The van der Waals surface area contributed by atoms with Crippen LogP contribution in [-0.2, 0) is 6.42 Å². The van der Waals surface area contributed by atoms with Crippen molar-refractivity contribution >= 4 is 34.8 Å². The highest BCUT2D eigenvalue weighted by Gasteiger charge is 2.23. The van der Waals surface area contributed by atoms with E-state index in [1.165, 1.54) is 0 Å². The Kier molecular flexibility index (Phi) is 7.27. The van der Waals surface area contributed by atoms with Gasteiger partial charge in [-0.1, -0.05) is 36.4 Å². The van der Waals surface area contributed by atoms with Crippen molar-refractivity contribution in [2.75, 3.05) is 26.1 Å². The van der Waals surface area contributed by atoms with Crippen molar-refractivity contribution in [2.24, 2.45) is 4.99 Å². The summed E-state index contributed by atoms with van der Waals surface area (Å²) in [5.41, 5.74) is 7.51. The third-order valence-corrected chi connectivity index (χ3v) is 7.62. The summed E-state index contributed by atoms with van der Waals surface area (Å²) < 4.78 is 10.9. The summed E-state index contributed by atoms with van der Waals surface area (Å²) in [7, 11) is 3.24. The number of benzene rings is 3. The fourth-order valence-corrected chi connectivity index (χ4v) is 5.43. The molecule has 8 nitrogen and oxygen atoms in total. The number of allylic oxidation sites excluding steroid dienone is 3. The minimum Gasteiger partial charge on any atom is -0.493 e. The van der Waals surface area contributed by atoms with Gasteiger partial charge < -0.3 is 19.7 Å². The lowest BCUT2D eigenvalue weighted by atomic mass is 9.93. The highest BCUT2D eigenvalue weighted by atomic mass is 16.5. The summed E-state index contributed by atoms with van der Waals surface area (Å²) in [6, 6.07) is 18.6. The molecule has 3 N–H and O–H groups in total. The summed E-state index contributed by atoms with van der Waals surface area (Å²) in [5.74, 6) is 1.23. The SMILES string of the molecule is COc1ccc(NC2=CC(c3cccc(C(=O)C(=N)c4ccc5c(c4)CC(=N)N=C5)c3)=CN3CCCC=C23)cc1OC. The average Bonchev–Trinajstić information content (AvgIpc) is 3.03. The first-order chi connectivity index (χ1) is 20.4. The van der Waals surface area contributed by atoms with Gasteiger partial charge in [0, 0.05) is 53.8 Å². The molecule has 0 amide bonds. The number of ether oxygens (including phenoxy) is 2. The van der Waals surface area contributed by atoms with E-state index in [9.17, 15) is 4.79 Å². The predicted molar refractivity (Wildman–Crippen MR) is 166 cm³/mol. The van der Waals surface area contributed by atoms with Crippen LogP contribution in [0.15, 0.2) is 95.4 Å². The third kappa shape index (κ3) is 5.26. The van der Waals surface area contributed by atoms with Crippen LogP contribution in [0.25, 0.3) is 5.57 Å². The molecule has 0 aromatic heterocycles. The van der Waals surface area contributed by atoms with E-state index in [1.54, 1.807) is 32.6 Å². The lowest BCUT2D eigenvalue weighted by molar-refractivity contribution is 0.106. The molecule has 3 aromatic rings. The van der Waals surface area contributed by atoms with Gasteiger partial charge in [0.15, 0.2) is 11.5 Å². The van der Waals surface area contributed by atoms with Gasteiger partial charge in [-0.25, -0.2) is 4.99 Å². The van der Waals surface area contributed by atoms with E-state index in [0.29, 0.717) is 29.0 Å². The van der Waals surface area contributed by atoms with Crippen molar-refractivity contribution < 1.29 is 14.3 Å². The van der Waals surface area contributed by atoms with E-state index in [4.69, 9.17) is 20.3 Å².